The third kappa shape index (κ3) is 9.45. The Morgan fingerprint density at radius 3 is 2.45 bits per heavy atom. The van der Waals surface area contributed by atoms with Crippen LogP contribution in [0.4, 0.5) is 0 Å². The van der Waals surface area contributed by atoms with E-state index in [1.807, 2.05) is 26.2 Å². The molecule has 1 aliphatic rings. The topological polar surface area (TPSA) is 156 Å². The Labute approximate surface area is 254 Å². The molecule has 0 saturated carbocycles. The van der Waals surface area contributed by atoms with Gasteiger partial charge in [-0.2, -0.15) is 0 Å². The highest BCUT2D eigenvalue weighted by molar-refractivity contribution is 7.09. The zero-order valence-corrected chi connectivity index (χ0v) is 27.2. The average Bonchev–Trinajstić information content (AvgIpc) is 3.66. The van der Waals surface area contributed by atoms with E-state index in [0.717, 1.165) is 24.3 Å². The van der Waals surface area contributed by atoms with Gasteiger partial charge in [0.25, 0.3) is 0 Å². The SMILES string of the molecule is CCC(C)C(C(CC(=O)N1CCCC1C(OC)C(C)C(=O)NCc1nccs1)OC)N(C)C(=O)CNC(=O)C(C)(C)N. The average molecular weight is 611 g/mol. The van der Waals surface area contributed by atoms with E-state index in [1.165, 1.54) is 11.3 Å². The number of rotatable bonds is 16. The maximum absolute atomic E-state index is 13.8. The molecule has 0 aromatic carbocycles. The van der Waals surface area contributed by atoms with E-state index in [0.29, 0.717) is 13.1 Å². The summed E-state index contributed by atoms with van der Waals surface area (Å²) in [5, 5.41) is 8.20. The number of nitrogens with zero attached hydrogens (tertiary/aromatic N) is 3. The highest BCUT2D eigenvalue weighted by Crippen LogP contribution is 2.29. The van der Waals surface area contributed by atoms with Gasteiger partial charge in [0.05, 0.1) is 55.3 Å². The number of hydrogen-bond acceptors (Lipinski definition) is 9. The van der Waals surface area contributed by atoms with Crippen LogP contribution in [0.5, 0.6) is 0 Å². The van der Waals surface area contributed by atoms with E-state index in [2.05, 4.69) is 15.6 Å². The molecule has 1 fully saturated rings. The van der Waals surface area contributed by atoms with Gasteiger partial charge in [0.15, 0.2) is 0 Å². The van der Waals surface area contributed by atoms with Gasteiger partial charge in [-0.3, -0.25) is 19.2 Å². The molecule has 42 heavy (non-hydrogen) atoms. The van der Waals surface area contributed by atoms with Crippen LogP contribution in [0.15, 0.2) is 11.6 Å². The molecule has 1 saturated heterocycles. The molecule has 6 atom stereocenters. The van der Waals surface area contributed by atoms with Gasteiger partial charge in [-0.15, -0.1) is 11.3 Å². The molecule has 1 aromatic rings. The standard InChI is InChI=1S/C29H50N6O6S/c1-9-18(2)25(34(6)24(37)17-33-28(39)29(4,5)30)21(40-7)15-23(36)35-13-10-11-20(35)26(41-8)19(3)27(38)32-16-22-31-12-14-42-22/h12,14,18-21,25-26H,9-11,13,15-17,30H2,1-8H3,(H,32,38)(H,33,39). The molecule has 238 valence electrons. The number of nitrogens with two attached hydrogens (primary N) is 1. The Kier molecular flexibility index (Phi) is 13.8. The van der Waals surface area contributed by atoms with Crippen molar-refractivity contribution >= 4 is 35.0 Å². The summed E-state index contributed by atoms with van der Waals surface area (Å²) in [6, 6.07) is -0.675. The zero-order chi connectivity index (χ0) is 31.6. The van der Waals surface area contributed by atoms with Crippen molar-refractivity contribution in [2.45, 2.75) is 96.7 Å². The number of methoxy groups -OCH3 is 2. The van der Waals surface area contributed by atoms with Crippen LogP contribution < -0.4 is 16.4 Å². The number of aromatic nitrogens is 1. The predicted octanol–water partition coefficient (Wildman–Crippen LogP) is 1.53. The molecular formula is C29H50N6O6S. The van der Waals surface area contributed by atoms with Crippen LogP contribution in [0.3, 0.4) is 0 Å². The molecule has 4 amide bonds. The number of carbonyl (C=O) groups excluding carboxylic acids is 4. The lowest BCUT2D eigenvalue weighted by molar-refractivity contribution is -0.145. The monoisotopic (exact) mass is 610 g/mol. The largest absolute Gasteiger partial charge is 0.379 e. The first-order chi connectivity index (χ1) is 19.8. The van der Waals surface area contributed by atoms with Crippen LogP contribution >= 0.6 is 11.3 Å². The lowest BCUT2D eigenvalue weighted by Gasteiger charge is -2.39. The van der Waals surface area contributed by atoms with Gasteiger partial charge in [-0.1, -0.05) is 27.2 Å². The van der Waals surface area contributed by atoms with Crippen molar-refractivity contribution in [2.75, 3.05) is 34.4 Å². The summed E-state index contributed by atoms with van der Waals surface area (Å²) in [4.78, 5) is 59.6. The van der Waals surface area contributed by atoms with Gasteiger partial charge in [-0.25, -0.2) is 4.98 Å². The van der Waals surface area contributed by atoms with Gasteiger partial charge >= 0.3 is 0 Å². The Balaban J connectivity index is 2.12. The molecule has 0 bridgehead atoms. The molecule has 2 heterocycles. The molecule has 1 aliphatic heterocycles. The fourth-order valence-corrected chi connectivity index (χ4v) is 6.05. The first-order valence-electron chi connectivity index (χ1n) is 14.6. The second-order valence-corrected chi connectivity index (χ2v) is 12.7. The van der Waals surface area contributed by atoms with Crippen molar-refractivity contribution in [3.63, 3.8) is 0 Å². The van der Waals surface area contributed by atoms with Gasteiger partial charge in [-0.05, 0) is 32.6 Å². The fourth-order valence-electron chi connectivity index (χ4n) is 5.50. The number of amides is 4. The number of ether oxygens (including phenoxy) is 2. The molecule has 6 unspecified atom stereocenters. The highest BCUT2D eigenvalue weighted by Gasteiger charge is 2.42. The summed E-state index contributed by atoms with van der Waals surface area (Å²) in [5.41, 5.74) is 4.73. The zero-order valence-electron chi connectivity index (χ0n) is 26.3. The fraction of sp³-hybridized carbons (Fsp3) is 0.759. The van der Waals surface area contributed by atoms with Crippen molar-refractivity contribution in [2.24, 2.45) is 17.6 Å². The number of likely N-dealkylation sites (tertiary alicyclic amines) is 1. The molecule has 0 spiro atoms. The second kappa shape index (κ2) is 16.3. The third-order valence-electron chi connectivity index (χ3n) is 8.19. The molecule has 0 radical (unpaired) electrons. The Morgan fingerprint density at radius 2 is 1.90 bits per heavy atom. The summed E-state index contributed by atoms with van der Waals surface area (Å²) < 4.78 is 11.7. The number of hydrogen-bond donors (Lipinski definition) is 3. The Morgan fingerprint density at radius 1 is 1.21 bits per heavy atom. The molecule has 13 heteroatoms. The number of likely N-dealkylation sites (N-methyl/N-ethyl adjacent to an activating group) is 1. The van der Waals surface area contributed by atoms with E-state index in [-0.39, 0.29) is 42.6 Å². The van der Waals surface area contributed by atoms with Crippen LogP contribution in [-0.4, -0.2) is 103 Å². The third-order valence-corrected chi connectivity index (χ3v) is 8.97. The summed E-state index contributed by atoms with van der Waals surface area (Å²) >= 11 is 1.47. The van der Waals surface area contributed by atoms with E-state index in [9.17, 15) is 19.2 Å². The normalized spacial score (nSPS) is 19.0. The van der Waals surface area contributed by atoms with Crippen molar-refractivity contribution in [3.05, 3.63) is 16.6 Å². The smallest absolute Gasteiger partial charge is 0.242 e. The molecule has 12 nitrogen and oxygen atoms in total. The molecule has 4 N–H and O–H groups in total. The first kappa shape index (κ1) is 35.6. The van der Waals surface area contributed by atoms with Gasteiger partial charge in [0.2, 0.25) is 23.6 Å². The maximum atomic E-state index is 13.8. The minimum Gasteiger partial charge on any atom is -0.379 e. The van der Waals surface area contributed by atoms with Crippen molar-refractivity contribution in [1.29, 1.82) is 0 Å². The molecule has 0 aliphatic carbocycles. The van der Waals surface area contributed by atoms with Crippen LogP contribution in [-0.2, 0) is 35.2 Å². The summed E-state index contributed by atoms with van der Waals surface area (Å²) in [6.07, 6.45) is 2.96. The second-order valence-electron chi connectivity index (χ2n) is 11.7. The van der Waals surface area contributed by atoms with Crippen LogP contribution in [0.2, 0.25) is 0 Å². The maximum Gasteiger partial charge on any atom is 0.242 e. The molecule has 1 aromatic heterocycles. The van der Waals surface area contributed by atoms with E-state index < -0.39 is 35.6 Å². The van der Waals surface area contributed by atoms with E-state index in [1.54, 1.807) is 51.1 Å². The van der Waals surface area contributed by atoms with Crippen molar-refractivity contribution in [3.8, 4) is 0 Å². The molecule has 2 rings (SSSR count). The van der Waals surface area contributed by atoms with Crippen molar-refractivity contribution in [1.82, 2.24) is 25.4 Å². The predicted molar refractivity (Wildman–Crippen MR) is 161 cm³/mol. The number of thiazole rings is 1. The van der Waals surface area contributed by atoms with E-state index in [4.69, 9.17) is 15.2 Å². The lowest BCUT2D eigenvalue weighted by Crippen LogP contribution is -2.55. The lowest BCUT2D eigenvalue weighted by atomic mass is 9.90. The summed E-state index contributed by atoms with van der Waals surface area (Å²) in [6.45, 7) is 9.67. The van der Waals surface area contributed by atoms with Crippen LogP contribution in [0.25, 0.3) is 0 Å². The summed E-state index contributed by atoms with van der Waals surface area (Å²) in [5.74, 6) is -1.48. The first-order valence-corrected chi connectivity index (χ1v) is 15.5. The Bertz CT molecular complexity index is 1030. The van der Waals surface area contributed by atoms with Crippen LogP contribution in [0.1, 0.15) is 65.3 Å². The van der Waals surface area contributed by atoms with Gasteiger partial charge in [0.1, 0.15) is 5.01 Å². The van der Waals surface area contributed by atoms with E-state index >= 15 is 0 Å². The highest BCUT2D eigenvalue weighted by atomic mass is 32.1. The van der Waals surface area contributed by atoms with Gasteiger partial charge < -0.3 is 35.6 Å². The molecular weight excluding hydrogens is 560 g/mol. The van der Waals surface area contributed by atoms with Gasteiger partial charge in [0, 0.05) is 39.4 Å². The van der Waals surface area contributed by atoms with Crippen LogP contribution in [0, 0.1) is 11.8 Å². The quantitative estimate of drug-likeness (QED) is 0.255. The summed E-state index contributed by atoms with van der Waals surface area (Å²) in [7, 11) is 4.78. The van der Waals surface area contributed by atoms with Crippen molar-refractivity contribution < 1.29 is 28.7 Å². The minimum absolute atomic E-state index is 0.0148. The minimum atomic E-state index is -1.11. The number of carbonyl (C=O) groups is 4. The number of nitrogens with one attached hydrogen (secondary N) is 2. The Hall–Kier alpha value is -2.61.